The molecule has 10 heteroatoms. The number of rotatable bonds is 9. The van der Waals surface area contributed by atoms with Gasteiger partial charge in [-0.25, -0.2) is 8.42 Å². The van der Waals surface area contributed by atoms with Gasteiger partial charge in [-0.1, -0.05) is 49.1 Å². The molecular weight excluding hydrogens is 601 g/mol. The van der Waals surface area contributed by atoms with E-state index in [1.165, 1.54) is 11.3 Å². The van der Waals surface area contributed by atoms with Crippen LogP contribution in [-0.2, 0) is 26.2 Å². The quantitative estimate of drug-likeness (QED) is 0.411. The Morgan fingerprint density at radius 2 is 1.71 bits per heavy atom. The predicted octanol–water partition coefficient (Wildman–Crippen LogP) is 4.58. The number of nitrogens with one attached hydrogen (secondary N) is 1. The third-order valence-corrected chi connectivity index (χ3v) is 8.44. The van der Waals surface area contributed by atoms with Crippen molar-refractivity contribution in [3.8, 4) is 0 Å². The predicted molar refractivity (Wildman–Crippen MR) is 148 cm³/mol. The summed E-state index contributed by atoms with van der Waals surface area (Å²) in [6.45, 7) is 1.33. The van der Waals surface area contributed by atoms with E-state index >= 15 is 0 Å². The highest BCUT2D eigenvalue weighted by molar-refractivity contribution is 14.1. The van der Waals surface area contributed by atoms with Crippen LogP contribution >= 0.6 is 34.2 Å². The highest BCUT2D eigenvalue weighted by atomic mass is 127. The van der Waals surface area contributed by atoms with Crippen LogP contribution in [0.2, 0.25) is 5.02 Å². The van der Waals surface area contributed by atoms with Gasteiger partial charge in [0, 0.05) is 21.2 Å². The minimum atomic E-state index is -3.75. The maximum Gasteiger partial charge on any atom is 0.244 e. The summed E-state index contributed by atoms with van der Waals surface area (Å²) in [5.74, 6) is -0.738. The van der Waals surface area contributed by atoms with Crippen molar-refractivity contribution in [3.63, 3.8) is 0 Å². The van der Waals surface area contributed by atoms with Crippen LogP contribution in [0.5, 0.6) is 0 Å². The van der Waals surface area contributed by atoms with Crippen molar-refractivity contribution < 1.29 is 18.0 Å². The maximum absolute atomic E-state index is 13.6. The van der Waals surface area contributed by atoms with Gasteiger partial charge in [0.1, 0.15) is 12.6 Å². The third kappa shape index (κ3) is 7.82. The number of carbonyl (C=O) groups is 2. The van der Waals surface area contributed by atoms with Crippen molar-refractivity contribution in [2.45, 2.75) is 57.7 Å². The molecule has 0 aliphatic heterocycles. The molecule has 7 nitrogen and oxygen atoms in total. The molecule has 1 aliphatic carbocycles. The molecule has 0 heterocycles. The average Bonchev–Trinajstić information content (AvgIpc) is 2.82. The van der Waals surface area contributed by atoms with Gasteiger partial charge in [-0.05, 0) is 78.3 Å². The third-order valence-electron chi connectivity index (χ3n) is 6.21. The molecule has 0 aromatic heterocycles. The maximum atomic E-state index is 13.6. The van der Waals surface area contributed by atoms with Crippen LogP contribution in [0, 0.1) is 3.57 Å². The summed E-state index contributed by atoms with van der Waals surface area (Å²) >= 11 is 8.49. The molecule has 190 valence electrons. The summed E-state index contributed by atoms with van der Waals surface area (Å²) in [5.41, 5.74) is 1.07. The van der Waals surface area contributed by atoms with Gasteiger partial charge in [-0.3, -0.25) is 13.9 Å². The first kappa shape index (κ1) is 27.7. The van der Waals surface area contributed by atoms with Gasteiger partial charge in [0.25, 0.3) is 0 Å². The molecule has 0 spiro atoms. The zero-order valence-electron chi connectivity index (χ0n) is 19.9. The molecule has 1 aliphatic rings. The normalized spacial score (nSPS) is 15.3. The monoisotopic (exact) mass is 631 g/mol. The minimum Gasteiger partial charge on any atom is -0.352 e. The topological polar surface area (TPSA) is 86.8 Å². The van der Waals surface area contributed by atoms with E-state index in [-0.39, 0.29) is 18.5 Å². The number of sulfonamides is 1. The van der Waals surface area contributed by atoms with Crippen LogP contribution in [0.4, 0.5) is 5.69 Å². The molecule has 0 radical (unpaired) electrons. The second-order valence-electron chi connectivity index (χ2n) is 8.88. The Bertz CT molecular complexity index is 1140. The Morgan fingerprint density at radius 3 is 2.31 bits per heavy atom. The molecule has 2 aromatic rings. The van der Waals surface area contributed by atoms with Crippen molar-refractivity contribution in [2.75, 3.05) is 17.1 Å². The first-order valence-corrected chi connectivity index (χ1v) is 14.9. The lowest BCUT2D eigenvalue weighted by Gasteiger charge is -2.33. The Morgan fingerprint density at radius 1 is 1.09 bits per heavy atom. The molecule has 2 aromatic carbocycles. The molecule has 0 bridgehead atoms. The van der Waals surface area contributed by atoms with E-state index in [9.17, 15) is 18.0 Å². The lowest BCUT2D eigenvalue weighted by molar-refractivity contribution is -0.139. The number of hydrogen-bond acceptors (Lipinski definition) is 4. The van der Waals surface area contributed by atoms with Crippen LogP contribution < -0.4 is 9.62 Å². The fourth-order valence-corrected chi connectivity index (χ4v) is 5.59. The number of benzene rings is 2. The van der Waals surface area contributed by atoms with Crippen LogP contribution in [0.1, 0.15) is 44.6 Å². The van der Waals surface area contributed by atoms with Gasteiger partial charge in [-0.15, -0.1) is 0 Å². The van der Waals surface area contributed by atoms with E-state index in [1.807, 2.05) is 6.07 Å². The largest absolute Gasteiger partial charge is 0.352 e. The fourth-order valence-electron chi connectivity index (χ4n) is 4.18. The van der Waals surface area contributed by atoms with E-state index in [0.717, 1.165) is 39.8 Å². The van der Waals surface area contributed by atoms with Gasteiger partial charge in [0.15, 0.2) is 0 Å². The van der Waals surface area contributed by atoms with Crippen molar-refractivity contribution in [2.24, 2.45) is 0 Å². The molecule has 35 heavy (non-hydrogen) atoms. The Labute approximate surface area is 226 Å². The lowest BCUT2D eigenvalue weighted by atomic mass is 9.95. The van der Waals surface area contributed by atoms with Crippen molar-refractivity contribution in [1.82, 2.24) is 10.2 Å². The van der Waals surface area contributed by atoms with Gasteiger partial charge >= 0.3 is 0 Å². The fraction of sp³-hybridized carbons (Fsp3) is 0.440. The molecule has 0 saturated heterocycles. The van der Waals surface area contributed by atoms with Crippen molar-refractivity contribution in [1.29, 1.82) is 0 Å². The minimum absolute atomic E-state index is 0.0854. The second kappa shape index (κ2) is 12.4. The van der Waals surface area contributed by atoms with Crippen LogP contribution in [0.15, 0.2) is 48.5 Å². The van der Waals surface area contributed by atoms with Gasteiger partial charge in [0.05, 0.1) is 11.9 Å². The number of halogens is 2. The molecule has 0 unspecified atom stereocenters. The van der Waals surface area contributed by atoms with Crippen LogP contribution in [0.3, 0.4) is 0 Å². The molecule has 1 saturated carbocycles. The van der Waals surface area contributed by atoms with Crippen molar-refractivity contribution in [3.05, 3.63) is 62.7 Å². The highest BCUT2D eigenvalue weighted by Crippen LogP contribution is 2.23. The molecule has 2 amide bonds. The first-order chi connectivity index (χ1) is 16.6. The lowest BCUT2D eigenvalue weighted by Crippen LogP contribution is -2.53. The van der Waals surface area contributed by atoms with E-state index in [1.54, 1.807) is 49.4 Å². The Hall–Kier alpha value is -1.85. The smallest absolute Gasteiger partial charge is 0.244 e. The van der Waals surface area contributed by atoms with Crippen molar-refractivity contribution >= 4 is 61.7 Å². The summed E-state index contributed by atoms with van der Waals surface area (Å²) in [6, 6.07) is 13.3. The molecule has 1 fully saturated rings. The van der Waals surface area contributed by atoms with E-state index in [2.05, 4.69) is 27.9 Å². The highest BCUT2D eigenvalue weighted by Gasteiger charge is 2.31. The average molecular weight is 632 g/mol. The Kier molecular flexibility index (Phi) is 9.83. The number of amides is 2. The number of anilines is 1. The SMILES string of the molecule is C[C@H](C(=O)NC1CCCCC1)N(Cc1ccccc1Cl)C(=O)CN(c1ccc(I)cc1)S(C)(=O)=O. The first-order valence-electron chi connectivity index (χ1n) is 11.6. The zero-order valence-corrected chi connectivity index (χ0v) is 23.6. The Balaban J connectivity index is 1.87. The standard InChI is InChI=1S/C25H31ClIN3O4S/c1-18(25(32)28-21-9-4-3-5-10-21)29(16-19-8-6-7-11-23(19)26)24(31)17-30(35(2,33)34)22-14-12-20(27)13-15-22/h6-8,11-15,18,21H,3-5,9-10,16-17H2,1-2H3,(H,28,32)/t18-/m1/s1. The summed E-state index contributed by atoms with van der Waals surface area (Å²) < 4.78 is 27.2. The van der Waals surface area contributed by atoms with E-state index in [4.69, 9.17) is 11.6 Å². The van der Waals surface area contributed by atoms with Gasteiger partial charge < -0.3 is 10.2 Å². The van der Waals surface area contributed by atoms with Gasteiger partial charge in [0.2, 0.25) is 21.8 Å². The number of hydrogen-bond donors (Lipinski definition) is 1. The summed E-state index contributed by atoms with van der Waals surface area (Å²) in [7, 11) is -3.75. The van der Waals surface area contributed by atoms with E-state index < -0.39 is 28.5 Å². The summed E-state index contributed by atoms with van der Waals surface area (Å²) in [5, 5.41) is 3.55. The molecule has 1 atom stereocenters. The summed E-state index contributed by atoms with van der Waals surface area (Å²) in [4.78, 5) is 28.1. The number of carbonyl (C=O) groups excluding carboxylic acids is 2. The zero-order chi connectivity index (χ0) is 25.6. The van der Waals surface area contributed by atoms with Gasteiger partial charge in [-0.2, -0.15) is 0 Å². The number of nitrogens with zero attached hydrogens (tertiary/aromatic N) is 2. The second-order valence-corrected chi connectivity index (χ2v) is 12.4. The molecular formula is C25H31ClIN3O4S. The molecule has 3 rings (SSSR count). The van der Waals surface area contributed by atoms with Crippen LogP contribution in [-0.4, -0.2) is 50.0 Å². The molecule has 1 N–H and O–H groups in total. The summed E-state index contributed by atoms with van der Waals surface area (Å²) in [6.07, 6.45) is 6.22. The van der Waals surface area contributed by atoms with E-state index in [0.29, 0.717) is 16.3 Å². The van der Waals surface area contributed by atoms with Crippen LogP contribution in [0.25, 0.3) is 0 Å².